The number of hydrogen-bond acceptors (Lipinski definition) is 11. The molecule has 250 valence electrons. The highest BCUT2D eigenvalue weighted by Gasteiger charge is 2.31. The molecule has 3 heterocycles. The topological polar surface area (TPSA) is 172 Å². The standard InChI is InChI=1S/C31H45ClFN5O7/c32-23-15-35-31(36-16-23)37-8-5-20(6-9-37)2-1-11-45-24-4-3-22(25(33)13-24)12-28(42)38-10-7-21(18-38)14-34-17-26(40)29(43)30(44)27(41)19-39/h3-4,13,15-16,20-21,26-27,29-30,34,39-41,43-44H,1-2,5-12,14,17-19H2/t21-,26-,27+,29+,30+/m0/s1. The van der Waals surface area contributed by atoms with E-state index < -0.39 is 36.8 Å². The number of anilines is 1. The average molecular weight is 654 g/mol. The normalized spacial score (nSPS) is 20.2. The van der Waals surface area contributed by atoms with Gasteiger partial charge >= 0.3 is 0 Å². The second-order valence-corrected chi connectivity index (χ2v) is 12.4. The molecule has 0 bridgehead atoms. The Kier molecular flexibility index (Phi) is 13.5. The lowest BCUT2D eigenvalue weighted by atomic mass is 9.92. The second kappa shape index (κ2) is 17.3. The van der Waals surface area contributed by atoms with E-state index in [9.17, 15) is 29.6 Å². The van der Waals surface area contributed by atoms with Gasteiger partial charge in [-0.2, -0.15) is 0 Å². The lowest BCUT2D eigenvalue weighted by molar-refractivity contribution is -0.129. The molecular weight excluding hydrogens is 609 g/mol. The molecule has 45 heavy (non-hydrogen) atoms. The third-order valence-electron chi connectivity index (χ3n) is 8.65. The summed E-state index contributed by atoms with van der Waals surface area (Å²) < 4.78 is 20.6. The molecule has 0 spiro atoms. The maximum atomic E-state index is 14.8. The van der Waals surface area contributed by atoms with Crippen molar-refractivity contribution in [3.8, 4) is 5.75 Å². The maximum Gasteiger partial charge on any atom is 0.227 e. The smallest absolute Gasteiger partial charge is 0.227 e. The number of piperidine rings is 1. The van der Waals surface area contributed by atoms with Gasteiger partial charge in [0.2, 0.25) is 11.9 Å². The van der Waals surface area contributed by atoms with Gasteiger partial charge in [-0.25, -0.2) is 14.4 Å². The summed E-state index contributed by atoms with van der Waals surface area (Å²) in [6.07, 6.45) is 1.68. The number of hydrogen-bond donors (Lipinski definition) is 6. The Labute approximate surface area is 267 Å². The van der Waals surface area contributed by atoms with E-state index in [0.29, 0.717) is 54.4 Å². The number of likely N-dealkylation sites (tertiary alicyclic amines) is 1. The van der Waals surface area contributed by atoms with Crippen LogP contribution in [0, 0.1) is 17.7 Å². The molecule has 2 aliphatic rings. The van der Waals surface area contributed by atoms with Crippen LogP contribution in [-0.4, -0.2) is 123 Å². The fraction of sp³-hybridized carbons (Fsp3) is 0.645. The van der Waals surface area contributed by atoms with Crippen LogP contribution in [0.15, 0.2) is 30.6 Å². The van der Waals surface area contributed by atoms with Crippen molar-refractivity contribution in [3.05, 3.63) is 47.0 Å². The predicted octanol–water partition coefficient (Wildman–Crippen LogP) is 0.761. The maximum absolute atomic E-state index is 14.8. The highest BCUT2D eigenvalue weighted by atomic mass is 35.5. The molecule has 1 amide bonds. The Bertz CT molecular complexity index is 1210. The van der Waals surface area contributed by atoms with Gasteiger partial charge < -0.3 is 45.4 Å². The average Bonchev–Trinajstić information content (AvgIpc) is 3.53. The van der Waals surface area contributed by atoms with Crippen LogP contribution in [-0.2, 0) is 11.2 Å². The third kappa shape index (κ3) is 10.4. The Morgan fingerprint density at radius 3 is 2.42 bits per heavy atom. The second-order valence-electron chi connectivity index (χ2n) is 12.0. The van der Waals surface area contributed by atoms with Crippen LogP contribution in [0.4, 0.5) is 10.3 Å². The van der Waals surface area contributed by atoms with Crippen LogP contribution in [0.25, 0.3) is 0 Å². The van der Waals surface area contributed by atoms with Gasteiger partial charge in [-0.05, 0) is 62.1 Å². The van der Waals surface area contributed by atoms with E-state index in [2.05, 4.69) is 20.2 Å². The minimum atomic E-state index is -1.68. The molecule has 12 nitrogen and oxygen atoms in total. The van der Waals surface area contributed by atoms with Gasteiger partial charge in [0.15, 0.2) is 0 Å². The van der Waals surface area contributed by atoms with Gasteiger partial charge in [0.1, 0.15) is 29.9 Å². The first-order chi connectivity index (χ1) is 21.6. The Morgan fingerprint density at radius 2 is 1.73 bits per heavy atom. The van der Waals surface area contributed by atoms with E-state index in [0.717, 1.165) is 45.2 Å². The van der Waals surface area contributed by atoms with E-state index in [1.54, 1.807) is 29.4 Å². The molecule has 6 N–H and O–H groups in total. The summed E-state index contributed by atoms with van der Waals surface area (Å²) >= 11 is 5.88. The summed E-state index contributed by atoms with van der Waals surface area (Å²) in [4.78, 5) is 25.3. The van der Waals surface area contributed by atoms with Crippen molar-refractivity contribution in [3.63, 3.8) is 0 Å². The van der Waals surface area contributed by atoms with Crippen LogP contribution < -0.4 is 15.0 Å². The lowest BCUT2D eigenvalue weighted by Crippen LogP contribution is -2.49. The number of ether oxygens (including phenoxy) is 1. The molecule has 0 unspecified atom stereocenters. The van der Waals surface area contributed by atoms with E-state index in [1.807, 2.05) is 0 Å². The highest BCUT2D eigenvalue weighted by molar-refractivity contribution is 6.30. The largest absolute Gasteiger partial charge is 0.493 e. The highest BCUT2D eigenvalue weighted by Crippen LogP contribution is 2.25. The molecule has 0 saturated carbocycles. The number of aliphatic hydroxyl groups excluding tert-OH is 5. The molecule has 2 aromatic rings. The van der Waals surface area contributed by atoms with E-state index >= 15 is 0 Å². The van der Waals surface area contributed by atoms with Crippen molar-refractivity contribution < 1.29 is 39.5 Å². The predicted molar refractivity (Wildman–Crippen MR) is 165 cm³/mol. The molecule has 5 atom stereocenters. The number of rotatable bonds is 16. The number of nitrogens with one attached hydrogen (secondary N) is 1. The number of carbonyl (C=O) groups is 1. The molecule has 2 fully saturated rings. The van der Waals surface area contributed by atoms with Gasteiger partial charge in [0, 0.05) is 38.8 Å². The van der Waals surface area contributed by atoms with E-state index in [-0.39, 0.29) is 24.8 Å². The number of carbonyl (C=O) groups excluding carboxylic acids is 1. The Hall–Kier alpha value is -2.65. The van der Waals surface area contributed by atoms with Crippen molar-refractivity contribution in [1.82, 2.24) is 20.2 Å². The molecule has 1 aromatic carbocycles. The molecule has 1 aromatic heterocycles. The van der Waals surface area contributed by atoms with Crippen LogP contribution >= 0.6 is 11.6 Å². The SMILES string of the molecule is O=C(Cc1ccc(OCCCC2CCN(c3ncc(Cl)cn3)CC2)cc1F)N1CC[C@@H](CNC[C@H](O)[C@@H](O)[C@H](O)[C@H](O)CO)C1. The molecule has 14 heteroatoms. The molecule has 0 aliphatic carbocycles. The first-order valence-corrected chi connectivity index (χ1v) is 16.0. The zero-order valence-electron chi connectivity index (χ0n) is 25.3. The summed E-state index contributed by atoms with van der Waals surface area (Å²) in [6.45, 7) is 2.98. The van der Waals surface area contributed by atoms with Crippen LogP contribution in [0.5, 0.6) is 5.75 Å². The zero-order chi connectivity index (χ0) is 32.3. The first kappa shape index (κ1) is 35.2. The minimum absolute atomic E-state index is 0.0409. The summed E-state index contributed by atoms with van der Waals surface area (Å²) in [7, 11) is 0. The summed E-state index contributed by atoms with van der Waals surface area (Å²) in [6, 6.07) is 4.63. The zero-order valence-corrected chi connectivity index (χ0v) is 26.1. The number of benzene rings is 1. The quantitative estimate of drug-likeness (QED) is 0.141. The van der Waals surface area contributed by atoms with Gasteiger partial charge in [0.25, 0.3) is 0 Å². The van der Waals surface area contributed by atoms with Crippen molar-refractivity contribution in [2.75, 3.05) is 57.4 Å². The number of amides is 1. The molecule has 2 saturated heterocycles. The number of halogens is 2. The lowest BCUT2D eigenvalue weighted by Gasteiger charge is -2.31. The minimum Gasteiger partial charge on any atom is -0.493 e. The number of aliphatic hydroxyl groups is 5. The first-order valence-electron chi connectivity index (χ1n) is 15.6. The third-order valence-corrected chi connectivity index (χ3v) is 8.84. The van der Waals surface area contributed by atoms with Crippen molar-refractivity contribution in [2.24, 2.45) is 11.8 Å². The Balaban J connectivity index is 1.11. The van der Waals surface area contributed by atoms with Crippen molar-refractivity contribution in [2.45, 2.75) is 62.9 Å². The summed E-state index contributed by atoms with van der Waals surface area (Å²) in [5, 5.41) is 51.5. The van der Waals surface area contributed by atoms with Gasteiger partial charge in [-0.1, -0.05) is 17.7 Å². The number of nitrogens with zero attached hydrogens (tertiary/aromatic N) is 4. The number of aromatic nitrogens is 2. The van der Waals surface area contributed by atoms with Crippen molar-refractivity contribution in [1.29, 1.82) is 0 Å². The van der Waals surface area contributed by atoms with E-state index in [1.165, 1.54) is 6.07 Å². The van der Waals surface area contributed by atoms with Gasteiger partial charge in [-0.15, -0.1) is 0 Å². The van der Waals surface area contributed by atoms with Crippen LogP contribution in [0.1, 0.15) is 37.7 Å². The molecule has 4 rings (SSSR count). The molecule has 2 aliphatic heterocycles. The van der Waals surface area contributed by atoms with Crippen LogP contribution in [0.3, 0.4) is 0 Å². The summed E-state index contributed by atoms with van der Waals surface area (Å²) in [5.74, 6) is 1.20. The molecular formula is C31H45ClFN5O7. The monoisotopic (exact) mass is 653 g/mol. The van der Waals surface area contributed by atoms with E-state index in [4.69, 9.17) is 21.4 Å². The Morgan fingerprint density at radius 1 is 1.04 bits per heavy atom. The van der Waals surface area contributed by atoms with Crippen LogP contribution in [0.2, 0.25) is 5.02 Å². The van der Waals surface area contributed by atoms with Crippen molar-refractivity contribution >= 4 is 23.5 Å². The molecule has 0 radical (unpaired) electrons. The fourth-order valence-corrected chi connectivity index (χ4v) is 5.93. The van der Waals surface area contributed by atoms with Gasteiger partial charge in [-0.3, -0.25) is 4.79 Å². The fourth-order valence-electron chi connectivity index (χ4n) is 5.83. The summed E-state index contributed by atoms with van der Waals surface area (Å²) in [5.41, 5.74) is 0.311. The van der Waals surface area contributed by atoms with Gasteiger partial charge in [0.05, 0.1) is 43.2 Å².